The van der Waals surface area contributed by atoms with Crippen LogP contribution in [0.5, 0.6) is 0 Å². The van der Waals surface area contributed by atoms with Crippen molar-refractivity contribution < 1.29 is 59.2 Å². The van der Waals surface area contributed by atoms with E-state index in [2.05, 4.69) is 10.6 Å². The molecule has 1 saturated carbocycles. The molecule has 0 aromatic heterocycles. The van der Waals surface area contributed by atoms with Crippen molar-refractivity contribution in [2.45, 2.75) is 124 Å². The zero-order valence-electron chi connectivity index (χ0n) is 25.0. The predicted molar refractivity (Wildman–Crippen MR) is 154 cm³/mol. The topological polar surface area (TPSA) is 347 Å². The molecule has 0 bridgehead atoms. The van der Waals surface area contributed by atoms with E-state index in [4.69, 9.17) is 47.6 Å². The van der Waals surface area contributed by atoms with E-state index in [1.165, 1.54) is 0 Å². The highest BCUT2D eigenvalue weighted by Crippen LogP contribution is 2.32. The molecule has 18 N–H and O–H groups in total. The summed E-state index contributed by atoms with van der Waals surface area (Å²) in [5, 5.41) is 67.7. The maximum absolute atomic E-state index is 12.7. The molecule has 262 valence electrons. The van der Waals surface area contributed by atoms with Crippen LogP contribution in [0.2, 0.25) is 0 Å². The van der Waals surface area contributed by atoms with Gasteiger partial charge in [-0.15, -0.1) is 0 Å². The minimum Gasteiger partial charge on any atom is -0.394 e. The van der Waals surface area contributed by atoms with Crippen LogP contribution in [-0.2, 0) is 28.5 Å². The van der Waals surface area contributed by atoms with Gasteiger partial charge in [-0.2, -0.15) is 0 Å². The van der Waals surface area contributed by atoms with Crippen LogP contribution in [-0.4, -0.2) is 160 Å². The van der Waals surface area contributed by atoms with Gasteiger partial charge in [0, 0.05) is 12.6 Å². The Labute approximate surface area is 260 Å². The van der Waals surface area contributed by atoms with Crippen LogP contribution >= 0.6 is 0 Å². The molecule has 19 nitrogen and oxygen atoms in total. The second kappa shape index (κ2) is 17.5. The lowest BCUT2D eigenvalue weighted by Crippen LogP contribution is -2.69. The monoisotopic (exact) mass is 653 g/mol. The molecule has 2 aliphatic heterocycles. The molecule has 3 aliphatic rings. The summed E-state index contributed by atoms with van der Waals surface area (Å²) in [4.78, 5) is 25.3. The second-order valence-corrected chi connectivity index (χ2v) is 11.7. The lowest BCUT2D eigenvalue weighted by molar-refractivity contribution is -0.314. The summed E-state index contributed by atoms with van der Waals surface area (Å²) in [6.45, 7) is -0.423. The van der Waals surface area contributed by atoms with Gasteiger partial charge in [0.15, 0.2) is 12.6 Å². The van der Waals surface area contributed by atoms with E-state index < -0.39 is 110 Å². The average Bonchev–Trinajstić information content (AvgIpc) is 3.01. The Bertz CT molecular complexity index is 941. The van der Waals surface area contributed by atoms with E-state index >= 15 is 0 Å². The third kappa shape index (κ3) is 9.46. The van der Waals surface area contributed by atoms with Crippen molar-refractivity contribution in [3.63, 3.8) is 0 Å². The van der Waals surface area contributed by atoms with Gasteiger partial charge in [0.2, 0.25) is 11.8 Å². The first kappa shape index (κ1) is 37.8. The number of nitrogens with two attached hydrogens (primary N) is 5. The van der Waals surface area contributed by atoms with E-state index in [9.17, 15) is 40.2 Å². The maximum Gasteiger partial charge on any atom is 0.249 e. The van der Waals surface area contributed by atoms with E-state index in [1.807, 2.05) is 0 Å². The number of aliphatic hydroxyl groups excluding tert-OH is 6. The highest BCUT2D eigenvalue weighted by Gasteiger charge is 2.51. The fraction of sp³-hybridized carbons (Fsp3) is 0.923. The Hall–Kier alpha value is -1.66. The lowest BCUT2D eigenvalue weighted by Gasteiger charge is -2.48. The molecule has 45 heavy (non-hydrogen) atoms. The van der Waals surface area contributed by atoms with Crippen molar-refractivity contribution in [1.29, 1.82) is 0 Å². The molecule has 3 rings (SSSR count). The minimum atomic E-state index is -1.64. The van der Waals surface area contributed by atoms with Crippen LogP contribution in [0.3, 0.4) is 0 Å². The van der Waals surface area contributed by atoms with Gasteiger partial charge < -0.3 is 88.9 Å². The van der Waals surface area contributed by atoms with Gasteiger partial charge in [-0.05, 0) is 45.2 Å². The number of nitrogens with one attached hydrogen (secondary N) is 2. The van der Waals surface area contributed by atoms with Crippen LogP contribution in [0.25, 0.3) is 0 Å². The summed E-state index contributed by atoms with van der Waals surface area (Å²) in [7, 11) is 0. The molecular weight excluding hydrogens is 602 g/mol. The number of carbonyl (C=O) groups is 2. The third-order valence-corrected chi connectivity index (χ3v) is 8.40. The zero-order valence-corrected chi connectivity index (χ0v) is 25.0. The predicted octanol–water partition coefficient (Wildman–Crippen LogP) is -7.53. The molecule has 2 heterocycles. The molecule has 2 saturated heterocycles. The normalized spacial score (nSPS) is 40.4. The lowest BCUT2D eigenvalue weighted by atomic mass is 9.83. The van der Waals surface area contributed by atoms with Crippen molar-refractivity contribution in [1.82, 2.24) is 10.6 Å². The number of amides is 2. The molecule has 0 spiro atoms. The number of hydrogen-bond acceptors (Lipinski definition) is 17. The average molecular weight is 654 g/mol. The van der Waals surface area contributed by atoms with E-state index in [-0.39, 0.29) is 38.9 Å². The van der Waals surface area contributed by atoms with Crippen LogP contribution in [0.15, 0.2) is 0 Å². The molecule has 1 aliphatic carbocycles. The summed E-state index contributed by atoms with van der Waals surface area (Å²) >= 11 is 0. The van der Waals surface area contributed by atoms with E-state index in [0.717, 1.165) is 0 Å². The quantitative estimate of drug-likeness (QED) is 0.0827. The van der Waals surface area contributed by atoms with Crippen LogP contribution in [0, 0.1) is 0 Å². The summed E-state index contributed by atoms with van der Waals surface area (Å²) in [6, 6.07) is -4.10. The number of aliphatic hydroxyl groups is 6. The summed E-state index contributed by atoms with van der Waals surface area (Å²) < 4.78 is 23.6. The molecule has 0 radical (unpaired) electrons. The van der Waals surface area contributed by atoms with E-state index in [1.54, 1.807) is 0 Å². The van der Waals surface area contributed by atoms with Gasteiger partial charge in [-0.25, -0.2) is 0 Å². The van der Waals surface area contributed by atoms with Crippen molar-refractivity contribution in [3.05, 3.63) is 0 Å². The van der Waals surface area contributed by atoms with E-state index in [0.29, 0.717) is 12.8 Å². The van der Waals surface area contributed by atoms with Crippen LogP contribution in [0.1, 0.15) is 32.1 Å². The second-order valence-electron chi connectivity index (χ2n) is 11.7. The van der Waals surface area contributed by atoms with Gasteiger partial charge in [0.05, 0.1) is 30.8 Å². The number of rotatable bonds is 14. The Morgan fingerprint density at radius 1 is 0.800 bits per heavy atom. The molecular formula is C26H51N7O12. The SMILES string of the molecule is NCCC(O)C(=O)NC1CCC(CN)OC1OC1C(N)CC(NC(=O)C(O)CCN)C(OC2OC(CO)C(O)C(N)C2O)C1O. The molecule has 2 amide bonds. The van der Waals surface area contributed by atoms with Gasteiger partial charge >= 0.3 is 0 Å². The van der Waals surface area contributed by atoms with Gasteiger partial charge in [-0.1, -0.05) is 0 Å². The van der Waals surface area contributed by atoms with Crippen molar-refractivity contribution in [2.24, 2.45) is 28.7 Å². The number of carbonyl (C=O) groups excluding carboxylic acids is 2. The van der Waals surface area contributed by atoms with Crippen LogP contribution < -0.4 is 39.3 Å². The molecule has 0 aromatic rings. The van der Waals surface area contributed by atoms with Crippen LogP contribution in [0.4, 0.5) is 0 Å². The largest absolute Gasteiger partial charge is 0.394 e. The number of ether oxygens (including phenoxy) is 4. The maximum atomic E-state index is 12.7. The first-order valence-electron chi connectivity index (χ1n) is 15.2. The first-order chi connectivity index (χ1) is 21.4. The van der Waals surface area contributed by atoms with Crippen molar-refractivity contribution >= 4 is 11.8 Å². The van der Waals surface area contributed by atoms with Gasteiger partial charge in [0.25, 0.3) is 0 Å². The first-order valence-corrected chi connectivity index (χ1v) is 15.2. The summed E-state index contributed by atoms with van der Waals surface area (Å²) in [5.41, 5.74) is 29.1. The zero-order chi connectivity index (χ0) is 33.4. The van der Waals surface area contributed by atoms with Gasteiger partial charge in [0.1, 0.15) is 48.8 Å². The van der Waals surface area contributed by atoms with Crippen molar-refractivity contribution in [2.75, 3.05) is 26.2 Å². The standard InChI is InChI=1S/C26H51N7O12/c27-5-3-14(35)23(40)32-12-2-1-10(8-29)42-25(12)44-21-11(30)7-13(33-24(41)15(36)4-6-28)22(20(21)39)45-26-19(38)17(31)18(37)16(9-34)43-26/h10-22,25-26,34-39H,1-9,27-31H2,(H,32,40)(H,33,41). The molecule has 15 unspecified atom stereocenters. The van der Waals surface area contributed by atoms with Gasteiger partial charge in [-0.3, -0.25) is 9.59 Å². The Kier molecular flexibility index (Phi) is 14.7. The molecule has 15 atom stereocenters. The molecule has 19 heteroatoms. The fourth-order valence-electron chi connectivity index (χ4n) is 5.71. The highest BCUT2D eigenvalue weighted by molar-refractivity contribution is 5.81. The number of hydrogen-bond donors (Lipinski definition) is 13. The fourth-order valence-corrected chi connectivity index (χ4v) is 5.71. The molecule has 3 fully saturated rings. The Morgan fingerprint density at radius 2 is 1.38 bits per heavy atom. The minimum absolute atomic E-state index is 0.0221. The Balaban J connectivity index is 1.86. The third-order valence-electron chi connectivity index (χ3n) is 8.40. The van der Waals surface area contributed by atoms with Crippen molar-refractivity contribution in [3.8, 4) is 0 Å². The summed E-state index contributed by atoms with van der Waals surface area (Å²) in [6.07, 6.45) is -13.9. The Morgan fingerprint density at radius 3 is 1.93 bits per heavy atom. The molecule has 0 aromatic carbocycles. The summed E-state index contributed by atoms with van der Waals surface area (Å²) in [5.74, 6) is -1.51. The highest BCUT2D eigenvalue weighted by atomic mass is 16.7. The smallest absolute Gasteiger partial charge is 0.249 e.